The van der Waals surface area contributed by atoms with E-state index in [1.807, 2.05) is 19.9 Å². The predicted molar refractivity (Wildman–Crippen MR) is 50.9 cm³/mol. The van der Waals surface area contributed by atoms with Crippen LogP contribution < -0.4 is 4.74 Å². The summed E-state index contributed by atoms with van der Waals surface area (Å²) in [5.74, 6) is -0.0662. The zero-order valence-corrected chi connectivity index (χ0v) is 8.50. The van der Waals surface area contributed by atoms with Crippen LogP contribution in [0.4, 0.5) is 4.39 Å². The van der Waals surface area contributed by atoms with E-state index in [9.17, 15) is 4.39 Å². The second-order valence-corrected chi connectivity index (χ2v) is 4.00. The molecule has 1 aliphatic rings. The molecule has 0 aliphatic carbocycles. The van der Waals surface area contributed by atoms with Gasteiger partial charge in [0.2, 0.25) is 0 Å². The molecular weight excluding hydrogens is 183 g/mol. The first-order valence-electron chi connectivity index (χ1n) is 4.56. The number of rotatable bonds is 2. The highest BCUT2D eigenvalue weighted by atomic mass is 19.1. The van der Waals surface area contributed by atoms with Crippen LogP contribution in [-0.2, 0) is 4.74 Å². The molecular formula is C11H13FO2. The van der Waals surface area contributed by atoms with Crippen LogP contribution in [0.25, 0.3) is 0 Å². The van der Waals surface area contributed by atoms with Crippen LogP contribution >= 0.6 is 0 Å². The lowest BCUT2D eigenvalue weighted by atomic mass is 10.0. The van der Waals surface area contributed by atoms with Crippen LogP contribution in [0.5, 0.6) is 5.75 Å². The van der Waals surface area contributed by atoms with Gasteiger partial charge in [0.15, 0.2) is 11.6 Å². The van der Waals surface area contributed by atoms with E-state index in [1.54, 1.807) is 6.07 Å². The molecule has 0 amide bonds. The molecule has 1 aromatic carbocycles. The van der Waals surface area contributed by atoms with Gasteiger partial charge >= 0.3 is 0 Å². The monoisotopic (exact) mass is 196 g/mol. The highest BCUT2D eigenvalue weighted by molar-refractivity contribution is 5.33. The van der Waals surface area contributed by atoms with Crippen LogP contribution in [0, 0.1) is 5.82 Å². The smallest absolute Gasteiger partial charge is 0.165 e. The van der Waals surface area contributed by atoms with E-state index < -0.39 is 0 Å². The molecule has 1 fully saturated rings. The number of halogens is 1. The van der Waals surface area contributed by atoms with E-state index in [0.29, 0.717) is 0 Å². The van der Waals surface area contributed by atoms with Crippen molar-refractivity contribution in [1.82, 2.24) is 0 Å². The Bertz CT molecular complexity index is 360. The number of benzene rings is 1. The molecule has 0 N–H and O–H groups in total. The first-order chi connectivity index (χ1) is 6.54. The molecule has 0 aromatic heterocycles. The van der Waals surface area contributed by atoms with Crippen molar-refractivity contribution in [3.8, 4) is 5.75 Å². The van der Waals surface area contributed by atoms with Crippen LogP contribution in [0.2, 0.25) is 0 Å². The molecule has 14 heavy (non-hydrogen) atoms. The molecule has 1 heterocycles. The van der Waals surface area contributed by atoms with Crippen molar-refractivity contribution < 1.29 is 13.9 Å². The highest BCUT2D eigenvalue weighted by Gasteiger charge is 2.48. The van der Waals surface area contributed by atoms with Gasteiger partial charge in [0.1, 0.15) is 6.10 Å². The largest absolute Gasteiger partial charge is 0.494 e. The maximum Gasteiger partial charge on any atom is 0.165 e. The van der Waals surface area contributed by atoms with Gasteiger partial charge < -0.3 is 9.47 Å². The van der Waals surface area contributed by atoms with E-state index in [4.69, 9.17) is 9.47 Å². The van der Waals surface area contributed by atoms with Gasteiger partial charge in [-0.1, -0.05) is 6.07 Å². The highest BCUT2D eigenvalue weighted by Crippen LogP contribution is 2.49. The molecule has 1 atom stereocenters. The van der Waals surface area contributed by atoms with Crippen molar-refractivity contribution >= 4 is 0 Å². The fraction of sp³-hybridized carbons (Fsp3) is 0.455. The van der Waals surface area contributed by atoms with Gasteiger partial charge in [0.05, 0.1) is 12.7 Å². The Labute approximate surface area is 82.6 Å². The Morgan fingerprint density at radius 2 is 2.07 bits per heavy atom. The summed E-state index contributed by atoms with van der Waals surface area (Å²) < 4.78 is 23.6. The number of methoxy groups -OCH3 is 1. The van der Waals surface area contributed by atoms with Gasteiger partial charge in [-0.25, -0.2) is 4.39 Å². The summed E-state index contributed by atoms with van der Waals surface area (Å²) in [5.41, 5.74) is 0.717. The van der Waals surface area contributed by atoms with E-state index in [2.05, 4.69) is 0 Å². The molecule has 3 heteroatoms. The molecule has 2 rings (SSSR count). The Morgan fingerprint density at radius 1 is 1.43 bits per heavy atom. The second kappa shape index (κ2) is 2.95. The Kier molecular flexibility index (Phi) is 2.00. The predicted octanol–water partition coefficient (Wildman–Crippen LogP) is 2.68. The van der Waals surface area contributed by atoms with E-state index in [0.717, 1.165) is 5.56 Å². The van der Waals surface area contributed by atoms with Gasteiger partial charge in [-0.05, 0) is 31.5 Å². The van der Waals surface area contributed by atoms with Crippen molar-refractivity contribution in [3.63, 3.8) is 0 Å². The minimum atomic E-state index is -0.337. The van der Waals surface area contributed by atoms with Gasteiger partial charge in [-0.3, -0.25) is 0 Å². The van der Waals surface area contributed by atoms with E-state index in [1.165, 1.54) is 13.2 Å². The van der Waals surface area contributed by atoms with Crippen LogP contribution in [0.3, 0.4) is 0 Å². The summed E-state index contributed by atoms with van der Waals surface area (Å²) in [4.78, 5) is 0. The van der Waals surface area contributed by atoms with Crippen molar-refractivity contribution in [2.24, 2.45) is 0 Å². The zero-order chi connectivity index (χ0) is 10.3. The zero-order valence-electron chi connectivity index (χ0n) is 8.50. The number of hydrogen-bond donors (Lipinski definition) is 0. The summed E-state index contributed by atoms with van der Waals surface area (Å²) in [7, 11) is 1.45. The summed E-state index contributed by atoms with van der Waals surface area (Å²) in [6, 6.07) is 4.93. The Hall–Kier alpha value is -1.09. The normalized spacial score (nSPS) is 23.3. The Balaban J connectivity index is 2.26. The van der Waals surface area contributed by atoms with Crippen LogP contribution in [0.1, 0.15) is 25.5 Å². The second-order valence-electron chi connectivity index (χ2n) is 4.00. The number of ether oxygens (including phenoxy) is 2. The quantitative estimate of drug-likeness (QED) is 0.678. The lowest BCUT2D eigenvalue weighted by Crippen LogP contribution is -1.98. The first-order valence-corrected chi connectivity index (χ1v) is 4.56. The SMILES string of the molecule is COc1ccc(C2OC2(C)C)cc1F. The molecule has 1 saturated heterocycles. The lowest BCUT2D eigenvalue weighted by molar-refractivity contribution is 0.325. The summed E-state index contributed by atoms with van der Waals surface area (Å²) in [5, 5.41) is 0. The van der Waals surface area contributed by atoms with Gasteiger partial charge in [0.25, 0.3) is 0 Å². The summed E-state index contributed by atoms with van der Waals surface area (Å²) in [6.45, 7) is 3.97. The number of hydrogen-bond acceptors (Lipinski definition) is 2. The van der Waals surface area contributed by atoms with Gasteiger partial charge in [0, 0.05) is 0 Å². The molecule has 0 saturated carbocycles. The maximum absolute atomic E-state index is 13.3. The molecule has 0 bridgehead atoms. The van der Waals surface area contributed by atoms with Gasteiger partial charge in [-0.2, -0.15) is 0 Å². The molecule has 1 aliphatic heterocycles. The average molecular weight is 196 g/mol. The van der Waals surface area contributed by atoms with E-state index >= 15 is 0 Å². The molecule has 2 nitrogen and oxygen atoms in total. The molecule has 0 spiro atoms. The van der Waals surface area contributed by atoms with Crippen LogP contribution in [-0.4, -0.2) is 12.7 Å². The third-order valence-corrected chi connectivity index (χ3v) is 2.47. The standard InChI is InChI=1S/C11H13FO2/c1-11(2)10(14-11)7-4-5-9(13-3)8(12)6-7/h4-6,10H,1-3H3. The van der Waals surface area contributed by atoms with Crippen molar-refractivity contribution in [1.29, 1.82) is 0 Å². The molecule has 0 radical (unpaired) electrons. The summed E-state index contributed by atoms with van der Waals surface area (Å²) in [6.07, 6.45) is 0.0166. The molecule has 1 unspecified atom stereocenters. The fourth-order valence-electron chi connectivity index (χ4n) is 1.58. The maximum atomic E-state index is 13.3. The Morgan fingerprint density at radius 3 is 2.50 bits per heavy atom. The molecule has 76 valence electrons. The minimum Gasteiger partial charge on any atom is -0.494 e. The van der Waals surface area contributed by atoms with Crippen LogP contribution in [0.15, 0.2) is 18.2 Å². The third kappa shape index (κ3) is 1.48. The average Bonchev–Trinajstić information content (AvgIpc) is 2.75. The van der Waals surface area contributed by atoms with Crippen molar-refractivity contribution in [2.75, 3.05) is 7.11 Å². The topological polar surface area (TPSA) is 21.8 Å². The lowest BCUT2D eigenvalue weighted by Gasteiger charge is -2.03. The number of epoxide rings is 1. The van der Waals surface area contributed by atoms with Crippen molar-refractivity contribution in [3.05, 3.63) is 29.6 Å². The third-order valence-electron chi connectivity index (χ3n) is 2.47. The van der Waals surface area contributed by atoms with Gasteiger partial charge in [-0.15, -0.1) is 0 Å². The first kappa shape index (κ1) is 9.46. The van der Waals surface area contributed by atoms with E-state index in [-0.39, 0.29) is 23.3 Å². The minimum absolute atomic E-state index is 0.0166. The van der Waals surface area contributed by atoms with Crippen molar-refractivity contribution in [2.45, 2.75) is 25.6 Å². The fourth-order valence-corrected chi connectivity index (χ4v) is 1.58. The molecule has 1 aromatic rings. The summed E-state index contributed by atoms with van der Waals surface area (Å²) >= 11 is 0.